The van der Waals surface area contributed by atoms with Crippen molar-refractivity contribution in [3.63, 3.8) is 0 Å². The number of hydrogen-bond acceptors (Lipinski definition) is 4. The van der Waals surface area contributed by atoms with Crippen molar-refractivity contribution in [1.82, 2.24) is 0 Å². The molecule has 0 bridgehead atoms. The molecule has 0 fully saturated rings. The Morgan fingerprint density at radius 1 is 1.10 bits per heavy atom. The Morgan fingerprint density at radius 2 is 1.81 bits per heavy atom. The lowest BCUT2D eigenvalue weighted by atomic mass is 10.0. The number of hydrogen-bond donors (Lipinski definition) is 2. The Bertz CT molecular complexity index is 742. The first-order valence-corrected chi connectivity index (χ1v) is 8.20. The summed E-state index contributed by atoms with van der Waals surface area (Å²) in [5.74, 6) is 0.891. The molecular formula is C15H16N2O3S. The number of sulfonamides is 1. The van der Waals surface area contributed by atoms with Crippen molar-refractivity contribution in [2.24, 2.45) is 5.14 Å². The summed E-state index contributed by atoms with van der Waals surface area (Å²) in [5.41, 5.74) is 1.96. The van der Waals surface area contributed by atoms with Gasteiger partial charge in [-0.25, -0.2) is 13.6 Å². The van der Waals surface area contributed by atoms with Crippen LogP contribution in [0.1, 0.15) is 18.0 Å². The Morgan fingerprint density at radius 3 is 2.52 bits per heavy atom. The molecule has 1 aliphatic heterocycles. The molecular weight excluding hydrogens is 288 g/mol. The highest BCUT2D eigenvalue weighted by Gasteiger charge is 2.20. The molecule has 0 amide bonds. The largest absolute Gasteiger partial charge is 0.493 e. The van der Waals surface area contributed by atoms with Gasteiger partial charge in [-0.1, -0.05) is 18.2 Å². The Hall–Kier alpha value is -2.05. The predicted molar refractivity (Wildman–Crippen MR) is 80.7 cm³/mol. The van der Waals surface area contributed by atoms with Crippen LogP contribution in [0.15, 0.2) is 53.4 Å². The van der Waals surface area contributed by atoms with E-state index in [4.69, 9.17) is 9.88 Å². The lowest BCUT2D eigenvalue weighted by Crippen LogP contribution is -2.20. The summed E-state index contributed by atoms with van der Waals surface area (Å²) in [6.45, 7) is 0.657. The molecule has 0 aromatic heterocycles. The highest BCUT2D eigenvalue weighted by molar-refractivity contribution is 7.89. The number of ether oxygens (including phenoxy) is 1. The molecule has 0 aliphatic carbocycles. The summed E-state index contributed by atoms with van der Waals surface area (Å²) < 4.78 is 28.1. The average molecular weight is 304 g/mol. The highest BCUT2D eigenvalue weighted by Crippen LogP contribution is 2.34. The monoisotopic (exact) mass is 304 g/mol. The summed E-state index contributed by atoms with van der Waals surface area (Å²) in [6.07, 6.45) is 0.855. The van der Waals surface area contributed by atoms with Crippen molar-refractivity contribution in [1.29, 1.82) is 0 Å². The van der Waals surface area contributed by atoms with Gasteiger partial charge in [0.25, 0.3) is 0 Å². The van der Waals surface area contributed by atoms with Gasteiger partial charge in [0.05, 0.1) is 17.5 Å². The lowest BCUT2D eigenvalue weighted by molar-refractivity contribution is 0.274. The molecule has 0 radical (unpaired) electrons. The molecule has 0 spiro atoms. The molecule has 1 aliphatic rings. The van der Waals surface area contributed by atoms with Crippen molar-refractivity contribution in [3.8, 4) is 5.75 Å². The molecule has 21 heavy (non-hydrogen) atoms. The van der Waals surface area contributed by atoms with E-state index in [2.05, 4.69) is 5.32 Å². The van der Waals surface area contributed by atoms with Crippen LogP contribution in [0.4, 0.5) is 5.69 Å². The second-order valence-electron chi connectivity index (χ2n) is 4.94. The Kier molecular flexibility index (Phi) is 3.57. The Labute approximate surface area is 123 Å². The van der Waals surface area contributed by atoms with E-state index >= 15 is 0 Å². The number of primary sulfonamides is 1. The van der Waals surface area contributed by atoms with E-state index in [9.17, 15) is 8.42 Å². The normalized spacial score (nSPS) is 17.7. The first-order valence-electron chi connectivity index (χ1n) is 6.65. The molecule has 1 unspecified atom stereocenters. The van der Waals surface area contributed by atoms with E-state index in [-0.39, 0.29) is 10.9 Å². The number of benzene rings is 2. The van der Waals surface area contributed by atoms with Crippen LogP contribution in [0.2, 0.25) is 0 Å². The van der Waals surface area contributed by atoms with E-state index < -0.39 is 10.0 Å². The molecule has 110 valence electrons. The zero-order valence-corrected chi connectivity index (χ0v) is 12.1. The summed E-state index contributed by atoms with van der Waals surface area (Å²) in [7, 11) is -3.65. The summed E-state index contributed by atoms with van der Waals surface area (Å²) in [5, 5.41) is 8.49. The van der Waals surface area contributed by atoms with Gasteiger partial charge in [0.1, 0.15) is 5.75 Å². The van der Waals surface area contributed by atoms with Crippen LogP contribution in [-0.4, -0.2) is 15.0 Å². The minimum atomic E-state index is -3.65. The van der Waals surface area contributed by atoms with Crippen LogP contribution in [0.3, 0.4) is 0 Å². The summed E-state index contributed by atoms with van der Waals surface area (Å²) >= 11 is 0. The molecule has 5 nitrogen and oxygen atoms in total. The van der Waals surface area contributed by atoms with E-state index in [1.54, 1.807) is 12.1 Å². The average Bonchev–Trinajstić information content (AvgIpc) is 2.47. The van der Waals surface area contributed by atoms with Gasteiger partial charge in [-0.3, -0.25) is 0 Å². The first kappa shape index (κ1) is 13.9. The quantitative estimate of drug-likeness (QED) is 0.911. The second-order valence-corrected chi connectivity index (χ2v) is 6.50. The molecule has 1 atom stereocenters. The van der Waals surface area contributed by atoms with E-state index in [0.717, 1.165) is 23.4 Å². The molecule has 3 rings (SSSR count). The van der Waals surface area contributed by atoms with Gasteiger partial charge in [-0.05, 0) is 30.3 Å². The number of rotatable bonds is 3. The zero-order valence-electron chi connectivity index (χ0n) is 11.3. The number of nitrogens with one attached hydrogen (secondary N) is 1. The topological polar surface area (TPSA) is 81.4 Å². The fourth-order valence-corrected chi connectivity index (χ4v) is 2.95. The number of nitrogens with two attached hydrogens (primary N) is 1. The molecule has 3 N–H and O–H groups in total. The van der Waals surface area contributed by atoms with Crippen molar-refractivity contribution >= 4 is 15.7 Å². The van der Waals surface area contributed by atoms with E-state index in [0.29, 0.717) is 6.61 Å². The smallest absolute Gasteiger partial charge is 0.238 e. The predicted octanol–water partition coefficient (Wildman–Crippen LogP) is 2.27. The maximum absolute atomic E-state index is 11.2. The number of anilines is 1. The number of para-hydroxylation sites is 1. The highest BCUT2D eigenvalue weighted by atomic mass is 32.2. The van der Waals surface area contributed by atoms with Crippen LogP contribution >= 0.6 is 0 Å². The minimum Gasteiger partial charge on any atom is -0.493 e. The van der Waals surface area contributed by atoms with Gasteiger partial charge in [0, 0.05) is 17.7 Å². The van der Waals surface area contributed by atoms with Crippen molar-refractivity contribution in [2.75, 3.05) is 11.9 Å². The fraction of sp³-hybridized carbons (Fsp3) is 0.200. The van der Waals surface area contributed by atoms with Crippen LogP contribution < -0.4 is 15.2 Å². The standard InChI is InChI=1S/C15H16N2O3S/c16-21(18,19)12-7-5-11(6-8-12)17-14-9-10-20-15-4-2-1-3-13(14)15/h1-8,14,17H,9-10H2,(H2,16,18,19). The van der Waals surface area contributed by atoms with Crippen molar-refractivity contribution < 1.29 is 13.2 Å². The minimum absolute atomic E-state index is 0.112. The van der Waals surface area contributed by atoms with E-state index in [1.165, 1.54) is 12.1 Å². The van der Waals surface area contributed by atoms with Crippen molar-refractivity contribution in [2.45, 2.75) is 17.4 Å². The zero-order chi connectivity index (χ0) is 14.9. The van der Waals surface area contributed by atoms with Gasteiger partial charge in [0.2, 0.25) is 10.0 Å². The fourth-order valence-electron chi connectivity index (χ4n) is 2.43. The summed E-state index contributed by atoms with van der Waals surface area (Å²) in [6, 6.07) is 14.5. The lowest BCUT2D eigenvalue weighted by Gasteiger charge is -2.27. The second kappa shape index (κ2) is 5.38. The van der Waals surface area contributed by atoms with Gasteiger partial charge in [-0.15, -0.1) is 0 Å². The molecule has 0 saturated carbocycles. The SMILES string of the molecule is NS(=O)(=O)c1ccc(NC2CCOc3ccccc32)cc1. The third-order valence-corrected chi connectivity index (χ3v) is 4.41. The summed E-state index contributed by atoms with van der Waals surface area (Å²) in [4.78, 5) is 0.112. The van der Waals surface area contributed by atoms with Crippen LogP contribution in [0.25, 0.3) is 0 Å². The molecule has 2 aromatic carbocycles. The van der Waals surface area contributed by atoms with Gasteiger partial charge >= 0.3 is 0 Å². The number of fused-ring (bicyclic) bond motifs is 1. The maximum Gasteiger partial charge on any atom is 0.238 e. The van der Waals surface area contributed by atoms with Gasteiger partial charge in [0.15, 0.2) is 0 Å². The van der Waals surface area contributed by atoms with Crippen LogP contribution in [0, 0.1) is 0 Å². The molecule has 2 aromatic rings. The van der Waals surface area contributed by atoms with Crippen LogP contribution in [-0.2, 0) is 10.0 Å². The molecule has 0 saturated heterocycles. The van der Waals surface area contributed by atoms with Crippen molar-refractivity contribution in [3.05, 3.63) is 54.1 Å². The first-order chi connectivity index (χ1) is 10.0. The van der Waals surface area contributed by atoms with Gasteiger partial charge < -0.3 is 10.1 Å². The third-order valence-electron chi connectivity index (χ3n) is 3.48. The third kappa shape index (κ3) is 3.01. The van der Waals surface area contributed by atoms with Gasteiger partial charge in [-0.2, -0.15) is 0 Å². The molecule has 6 heteroatoms. The Balaban J connectivity index is 1.82. The van der Waals surface area contributed by atoms with Crippen LogP contribution in [0.5, 0.6) is 5.75 Å². The van der Waals surface area contributed by atoms with E-state index in [1.807, 2.05) is 24.3 Å². The maximum atomic E-state index is 11.2. The molecule has 1 heterocycles.